The van der Waals surface area contributed by atoms with E-state index in [1.54, 1.807) is 0 Å². The van der Waals surface area contributed by atoms with Crippen LogP contribution in [0.5, 0.6) is 0 Å². The summed E-state index contributed by atoms with van der Waals surface area (Å²) < 4.78 is 5.39. The molecule has 0 N–H and O–H groups in total. The Bertz CT molecular complexity index is 159. The van der Waals surface area contributed by atoms with Crippen LogP contribution in [0, 0.1) is 0 Å². The Balaban J connectivity index is 1.83. The van der Waals surface area contributed by atoms with E-state index in [9.17, 15) is 0 Å². The first-order valence-corrected chi connectivity index (χ1v) is 6.34. The van der Waals surface area contributed by atoms with Gasteiger partial charge in [0.1, 0.15) is 0 Å². The van der Waals surface area contributed by atoms with Crippen molar-refractivity contribution in [3.05, 3.63) is 0 Å². The Morgan fingerprint density at radius 3 is 2.77 bits per heavy atom. The van der Waals surface area contributed by atoms with Crippen molar-refractivity contribution in [2.45, 2.75) is 31.1 Å². The number of thioether (sulfide) groups is 1. The average molecular weight is 201 g/mol. The maximum absolute atomic E-state index is 5.39. The third kappa shape index (κ3) is 2.61. The van der Waals surface area contributed by atoms with E-state index >= 15 is 0 Å². The zero-order chi connectivity index (χ0) is 9.10. The fraction of sp³-hybridized carbons (Fsp3) is 1.00. The summed E-state index contributed by atoms with van der Waals surface area (Å²) >= 11 is 2.11. The maximum Gasteiger partial charge on any atom is 0.0480 e. The van der Waals surface area contributed by atoms with Crippen LogP contribution >= 0.6 is 11.8 Å². The Morgan fingerprint density at radius 2 is 2.08 bits per heavy atom. The predicted molar refractivity (Wildman–Crippen MR) is 57.3 cm³/mol. The molecule has 0 saturated carbocycles. The number of nitrogens with zero attached hydrogens (tertiary/aromatic N) is 1. The van der Waals surface area contributed by atoms with Gasteiger partial charge in [-0.3, -0.25) is 4.90 Å². The first-order valence-electron chi connectivity index (χ1n) is 5.29. The highest BCUT2D eigenvalue weighted by molar-refractivity contribution is 7.99. The second-order valence-corrected chi connectivity index (χ2v) is 5.57. The molecule has 2 aliphatic heterocycles. The minimum absolute atomic E-state index is 0.817. The summed E-state index contributed by atoms with van der Waals surface area (Å²) in [7, 11) is 0. The number of rotatable bonds is 1. The van der Waals surface area contributed by atoms with Crippen molar-refractivity contribution < 1.29 is 4.74 Å². The van der Waals surface area contributed by atoms with Gasteiger partial charge < -0.3 is 4.74 Å². The van der Waals surface area contributed by atoms with Crippen molar-refractivity contribution in [3.8, 4) is 0 Å². The van der Waals surface area contributed by atoms with Gasteiger partial charge in [0.25, 0.3) is 0 Å². The lowest BCUT2D eigenvalue weighted by Crippen LogP contribution is -2.46. The summed E-state index contributed by atoms with van der Waals surface area (Å²) in [6, 6.07) is 0.817. The molecule has 0 aromatic rings. The molecule has 1 unspecified atom stereocenters. The molecule has 0 radical (unpaired) electrons. The molecule has 2 rings (SSSR count). The summed E-state index contributed by atoms with van der Waals surface area (Å²) in [4.78, 5) is 2.67. The van der Waals surface area contributed by atoms with Gasteiger partial charge in [-0.25, -0.2) is 0 Å². The summed E-state index contributed by atoms with van der Waals surface area (Å²) in [6.07, 6.45) is 2.49. The molecular weight excluding hydrogens is 182 g/mol. The first-order chi connectivity index (χ1) is 6.36. The summed E-state index contributed by atoms with van der Waals surface area (Å²) in [5, 5.41) is 0.830. The van der Waals surface area contributed by atoms with Crippen molar-refractivity contribution in [2.24, 2.45) is 0 Å². The van der Waals surface area contributed by atoms with Crippen LogP contribution in [0.2, 0.25) is 0 Å². The predicted octanol–water partition coefficient (Wildman–Crippen LogP) is 1.60. The van der Waals surface area contributed by atoms with E-state index in [4.69, 9.17) is 4.74 Å². The molecule has 3 heteroatoms. The summed E-state index contributed by atoms with van der Waals surface area (Å²) in [5.74, 6) is 1.32. The molecule has 0 aliphatic carbocycles. The fourth-order valence-corrected chi connectivity index (χ4v) is 3.27. The molecule has 0 amide bonds. The number of ether oxygens (including phenoxy) is 1. The summed E-state index contributed by atoms with van der Waals surface area (Å²) in [5.41, 5.74) is 0. The van der Waals surface area contributed by atoms with Crippen LogP contribution in [-0.2, 0) is 4.74 Å². The van der Waals surface area contributed by atoms with Crippen LogP contribution in [0.1, 0.15) is 19.8 Å². The number of hydrogen-bond donors (Lipinski definition) is 0. The molecule has 0 spiro atoms. The van der Waals surface area contributed by atoms with Gasteiger partial charge in [0, 0.05) is 43.3 Å². The van der Waals surface area contributed by atoms with Crippen molar-refractivity contribution in [1.82, 2.24) is 4.90 Å². The molecule has 2 nitrogen and oxygen atoms in total. The van der Waals surface area contributed by atoms with Gasteiger partial charge in [-0.1, -0.05) is 6.92 Å². The van der Waals surface area contributed by atoms with Crippen LogP contribution in [-0.4, -0.2) is 48.2 Å². The normalized spacial score (nSPS) is 33.5. The summed E-state index contributed by atoms with van der Waals surface area (Å²) in [6.45, 7) is 6.87. The van der Waals surface area contributed by atoms with Crippen molar-refractivity contribution in [2.75, 3.05) is 32.1 Å². The van der Waals surface area contributed by atoms with E-state index in [2.05, 4.69) is 23.6 Å². The molecule has 0 bridgehead atoms. The Labute approximate surface area is 85.0 Å². The van der Waals surface area contributed by atoms with Gasteiger partial charge in [0.05, 0.1) is 0 Å². The van der Waals surface area contributed by atoms with Gasteiger partial charge >= 0.3 is 0 Å². The topological polar surface area (TPSA) is 12.5 Å². The minimum atomic E-state index is 0.817. The fourth-order valence-electron chi connectivity index (χ4n) is 2.23. The lowest BCUT2D eigenvalue weighted by atomic mass is 10.1. The average Bonchev–Trinajstić information content (AvgIpc) is 2.19. The molecule has 2 aliphatic rings. The van der Waals surface area contributed by atoms with Gasteiger partial charge in [-0.05, 0) is 12.8 Å². The monoisotopic (exact) mass is 201 g/mol. The molecule has 0 aromatic heterocycles. The second kappa shape index (κ2) is 4.67. The highest BCUT2D eigenvalue weighted by Gasteiger charge is 2.25. The Hall–Kier alpha value is 0.270. The van der Waals surface area contributed by atoms with Crippen LogP contribution in [0.3, 0.4) is 0 Å². The smallest absolute Gasteiger partial charge is 0.0480 e. The number of hydrogen-bond acceptors (Lipinski definition) is 3. The van der Waals surface area contributed by atoms with E-state index in [-0.39, 0.29) is 0 Å². The lowest BCUT2D eigenvalue weighted by Gasteiger charge is -2.38. The third-order valence-electron chi connectivity index (χ3n) is 2.98. The molecule has 2 fully saturated rings. The van der Waals surface area contributed by atoms with Crippen molar-refractivity contribution in [3.63, 3.8) is 0 Å². The van der Waals surface area contributed by atoms with Crippen LogP contribution in [0.4, 0.5) is 0 Å². The van der Waals surface area contributed by atoms with E-state index < -0.39 is 0 Å². The van der Waals surface area contributed by atoms with Crippen molar-refractivity contribution >= 4 is 11.8 Å². The van der Waals surface area contributed by atoms with Gasteiger partial charge in [0.15, 0.2) is 0 Å². The largest absolute Gasteiger partial charge is 0.381 e. The van der Waals surface area contributed by atoms with E-state index in [1.165, 1.54) is 31.7 Å². The van der Waals surface area contributed by atoms with Crippen LogP contribution < -0.4 is 0 Å². The van der Waals surface area contributed by atoms with Crippen LogP contribution in [0.25, 0.3) is 0 Å². The molecule has 13 heavy (non-hydrogen) atoms. The quantitative estimate of drug-likeness (QED) is 0.639. The lowest BCUT2D eigenvalue weighted by molar-refractivity contribution is 0.0356. The molecule has 2 saturated heterocycles. The zero-order valence-electron chi connectivity index (χ0n) is 8.37. The molecular formula is C10H19NOS. The molecule has 0 aromatic carbocycles. The molecule has 2 heterocycles. The minimum Gasteiger partial charge on any atom is -0.381 e. The Kier molecular flexibility index (Phi) is 3.52. The van der Waals surface area contributed by atoms with E-state index in [0.717, 1.165) is 24.5 Å². The second-order valence-electron chi connectivity index (χ2n) is 4.02. The van der Waals surface area contributed by atoms with E-state index in [1.807, 2.05) is 0 Å². The molecule has 1 atom stereocenters. The maximum atomic E-state index is 5.39. The standard InChI is InChI=1S/C10H19NOS/c1-9-8-11(4-7-13-9)10-2-5-12-6-3-10/h9-10H,2-8H2,1H3. The highest BCUT2D eigenvalue weighted by atomic mass is 32.2. The molecule has 76 valence electrons. The van der Waals surface area contributed by atoms with Gasteiger partial charge in [-0.15, -0.1) is 0 Å². The SMILES string of the molecule is CC1CN(C2CCOCC2)CCS1. The Morgan fingerprint density at radius 1 is 1.31 bits per heavy atom. The van der Waals surface area contributed by atoms with Crippen LogP contribution in [0.15, 0.2) is 0 Å². The highest BCUT2D eigenvalue weighted by Crippen LogP contribution is 2.23. The third-order valence-corrected chi connectivity index (χ3v) is 4.12. The van der Waals surface area contributed by atoms with Crippen molar-refractivity contribution in [1.29, 1.82) is 0 Å². The van der Waals surface area contributed by atoms with Gasteiger partial charge in [0.2, 0.25) is 0 Å². The van der Waals surface area contributed by atoms with E-state index in [0.29, 0.717) is 0 Å². The zero-order valence-corrected chi connectivity index (χ0v) is 9.18. The first kappa shape index (κ1) is 9.81. The van der Waals surface area contributed by atoms with Gasteiger partial charge in [-0.2, -0.15) is 11.8 Å².